The molecule has 0 saturated carbocycles. The second kappa shape index (κ2) is 10.7. The average Bonchev–Trinajstić information content (AvgIpc) is 2.64. The van der Waals surface area contributed by atoms with Gasteiger partial charge in [0.05, 0.1) is 0 Å². The highest BCUT2D eigenvalue weighted by molar-refractivity contribution is 8.00. The second-order valence-corrected chi connectivity index (χ2v) is 8.53. The van der Waals surface area contributed by atoms with E-state index in [1.54, 1.807) is 0 Å². The van der Waals surface area contributed by atoms with Gasteiger partial charge >= 0.3 is 0 Å². The molecule has 0 amide bonds. The molecule has 0 radical (unpaired) electrons. The van der Waals surface area contributed by atoms with Crippen LogP contribution in [0.15, 0.2) is 54.6 Å². The van der Waals surface area contributed by atoms with Crippen molar-refractivity contribution < 1.29 is 0 Å². The molecule has 25 heavy (non-hydrogen) atoms. The molecule has 1 heteroatoms. The molecular formula is C24H34S. The summed E-state index contributed by atoms with van der Waals surface area (Å²) in [5.74, 6) is 1.25. The Bertz CT molecular complexity index is 587. The summed E-state index contributed by atoms with van der Waals surface area (Å²) in [6, 6.07) is 20.6. The summed E-state index contributed by atoms with van der Waals surface area (Å²) in [4.78, 5) is 0. The zero-order valence-electron chi connectivity index (χ0n) is 16.3. The van der Waals surface area contributed by atoms with E-state index in [4.69, 9.17) is 0 Å². The highest BCUT2D eigenvalue weighted by Gasteiger charge is 2.31. The number of rotatable bonds is 11. The van der Waals surface area contributed by atoms with Crippen LogP contribution >= 0.6 is 11.8 Å². The molecule has 0 spiro atoms. The molecule has 0 aliphatic rings. The molecule has 2 aromatic rings. The highest BCUT2D eigenvalue weighted by atomic mass is 32.2. The van der Waals surface area contributed by atoms with Gasteiger partial charge in [-0.15, -0.1) is 0 Å². The molecule has 0 nitrogen and oxygen atoms in total. The zero-order chi connectivity index (χ0) is 18.0. The average molecular weight is 355 g/mol. The van der Waals surface area contributed by atoms with Gasteiger partial charge < -0.3 is 0 Å². The minimum Gasteiger partial charge on any atom is -0.150 e. The predicted octanol–water partition coefficient (Wildman–Crippen LogP) is 7.41. The Hall–Kier alpha value is -1.21. The van der Waals surface area contributed by atoms with Gasteiger partial charge in [0.2, 0.25) is 0 Å². The van der Waals surface area contributed by atoms with Gasteiger partial charge in [-0.2, -0.15) is 11.8 Å². The number of unbranched alkanes of at least 4 members (excludes halogenated alkanes) is 1. The first kappa shape index (κ1) is 20.1. The van der Waals surface area contributed by atoms with Gasteiger partial charge in [0.1, 0.15) is 0 Å². The van der Waals surface area contributed by atoms with Crippen LogP contribution < -0.4 is 0 Å². The number of thioether (sulfide) groups is 1. The first-order valence-corrected chi connectivity index (χ1v) is 11.0. The van der Waals surface area contributed by atoms with E-state index in [-0.39, 0.29) is 4.75 Å². The standard InChI is InChI=1S/C24H34S/c1-4-7-19-25-24(18-6-3,23-12-9-8-10-13-23)20-22-16-14-21(11-5-2)15-17-22/h8-10,12-17H,4-7,11,18-20H2,1-3H3. The molecule has 0 bridgehead atoms. The smallest absolute Gasteiger partial charge is 0.0448 e. The van der Waals surface area contributed by atoms with Gasteiger partial charge in [0.15, 0.2) is 0 Å². The van der Waals surface area contributed by atoms with Gasteiger partial charge in [-0.3, -0.25) is 0 Å². The van der Waals surface area contributed by atoms with E-state index in [9.17, 15) is 0 Å². The predicted molar refractivity (Wildman–Crippen MR) is 115 cm³/mol. The summed E-state index contributed by atoms with van der Waals surface area (Å²) in [5, 5.41) is 0. The Balaban J connectivity index is 2.28. The Morgan fingerprint density at radius 2 is 1.44 bits per heavy atom. The summed E-state index contributed by atoms with van der Waals surface area (Å²) in [5.41, 5.74) is 4.43. The maximum Gasteiger partial charge on any atom is 0.0448 e. The van der Waals surface area contributed by atoms with Crippen molar-refractivity contribution in [1.29, 1.82) is 0 Å². The normalized spacial score (nSPS) is 13.6. The second-order valence-electron chi connectivity index (χ2n) is 7.06. The molecule has 2 aromatic carbocycles. The van der Waals surface area contributed by atoms with Gasteiger partial charge in [0.25, 0.3) is 0 Å². The van der Waals surface area contributed by atoms with Crippen LogP contribution in [-0.2, 0) is 17.6 Å². The number of hydrogen-bond donors (Lipinski definition) is 0. The van der Waals surface area contributed by atoms with Gasteiger partial charge in [-0.25, -0.2) is 0 Å². The topological polar surface area (TPSA) is 0 Å². The number of aryl methyl sites for hydroxylation is 1. The van der Waals surface area contributed by atoms with E-state index in [0.29, 0.717) is 0 Å². The molecule has 0 aliphatic heterocycles. The van der Waals surface area contributed by atoms with Crippen molar-refractivity contribution in [2.75, 3.05) is 5.75 Å². The van der Waals surface area contributed by atoms with E-state index >= 15 is 0 Å². The monoisotopic (exact) mass is 354 g/mol. The van der Waals surface area contributed by atoms with Crippen LogP contribution in [0, 0.1) is 0 Å². The van der Waals surface area contributed by atoms with E-state index in [1.165, 1.54) is 61.0 Å². The first-order valence-electron chi connectivity index (χ1n) is 10.0. The summed E-state index contributed by atoms with van der Waals surface area (Å²) < 4.78 is 0.206. The molecule has 0 fully saturated rings. The van der Waals surface area contributed by atoms with Crippen LogP contribution in [0.5, 0.6) is 0 Å². The fourth-order valence-corrected chi connectivity index (χ4v) is 5.28. The Morgan fingerprint density at radius 3 is 2.04 bits per heavy atom. The molecule has 0 aromatic heterocycles. The molecule has 0 saturated heterocycles. The van der Waals surface area contributed by atoms with Crippen molar-refractivity contribution in [2.24, 2.45) is 0 Å². The molecular weight excluding hydrogens is 320 g/mol. The Morgan fingerprint density at radius 1 is 0.760 bits per heavy atom. The minimum atomic E-state index is 0.206. The van der Waals surface area contributed by atoms with E-state index in [1.807, 2.05) is 0 Å². The Labute approximate surface area is 159 Å². The lowest BCUT2D eigenvalue weighted by Gasteiger charge is -2.34. The third-order valence-corrected chi connectivity index (χ3v) is 6.51. The van der Waals surface area contributed by atoms with Crippen LogP contribution in [0.3, 0.4) is 0 Å². The molecule has 0 N–H and O–H groups in total. The lowest BCUT2D eigenvalue weighted by Crippen LogP contribution is -2.26. The van der Waals surface area contributed by atoms with Gasteiger partial charge in [-0.1, -0.05) is 94.6 Å². The maximum absolute atomic E-state index is 2.36. The van der Waals surface area contributed by atoms with Crippen molar-refractivity contribution >= 4 is 11.8 Å². The number of hydrogen-bond acceptors (Lipinski definition) is 1. The molecule has 1 unspecified atom stereocenters. The largest absolute Gasteiger partial charge is 0.150 e. The summed E-state index contributed by atoms with van der Waals surface area (Å²) in [6.45, 7) is 6.86. The Kier molecular flexibility index (Phi) is 8.61. The third kappa shape index (κ3) is 5.92. The molecule has 136 valence electrons. The van der Waals surface area contributed by atoms with E-state index < -0.39 is 0 Å². The van der Waals surface area contributed by atoms with Crippen LogP contribution in [0.4, 0.5) is 0 Å². The van der Waals surface area contributed by atoms with Crippen molar-refractivity contribution in [3.05, 3.63) is 71.3 Å². The van der Waals surface area contributed by atoms with Gasteiger partial charge in [-0.05, 0) is 48.1 Å². The summed E-state index contributed by atoms with van der Waals surface area (Å²) >= 11 is 2.18. The third-order valence-electron chi connectivity index (χ3n) is 4.88. The molecule has 0 heterocycles. The van der Waals surface area contributed by atoms with Crippen LogP contribution in [0.25, 0.3) is 0 Å². The van der Waals surface area contributed by atoms with Crippen molar-refractivity contribution in [3.63, 3.8) is 0 Å². The fraction of sp³-hybridized carbons (Fsp3) is 0.500. The molecule has 0 aliphatic carbocycles. The van der Waals surface area contributed by atoms with Crippen molar-refractivity contribution in [1.82, 2.24) is 0 Å². The lowest BCUT2D eigenvalue weighted by molar-refractivity contribution is 0.554. The first-order chi connectivity index (χ1) is 12.2. The summed E-state index contributed by atoms with van der Waals surface area (Å²) in [7, 11) is 0. The number of benzene rings is 2. The summed E-state index contributed by atoms with van der Waals surface area (Å²) in [6.07, 6.45) is 8.57. The van der Waals surface area contributed by atoms with Crippen LogP contribution in [0.2, 0.25) is 0 Å². The van der Waals surface area contributed by atoms with Crippen LogP contribution in [-0.4, -0.2) is 5.75 Å². The zero-order valence-corrected chi connectivity index (χ0v) is 17.1. The maximum atomic E-state index is 2.36. The quantitative estimate of drug-likeness (QED) is 0.378. The van der Waals surface area contributed by atoms with Gasteiger partial charge in [0, 0.05) is 4.75 Å². The lowest BCUT2D eigenvalue weighted by atomic mass is 9.87. The van der Waals surface area contributed by atoms with Crippen molar-refractivity contribution in [2.45, 2.75) is 70.5 Å². The van der Waals surface area contributed by atoms with Crippen molar-refractivity contribution in [3.8, 4) is 0 Å². The SMILES string of the molecule is CCCCSC(CCC)(Cc1ccc(CCC)cc1)c1ccccc1. The van der Waals surface area contributed by atoms with Crippen LogP contribution in [0.1, 0.15) is 69.6 Å². The van der Waals surface area contributed by atoms with E-state index in [2.05, 4.69) is 87.1 Å². The minimum absolute atomic E-state index is 0.206. The van der Waals surface area contributed by atoms with E-state index in [0.717, 1.165) is 6.42 Å². The molecule has 1 atom stereocenters. The highest BCUT2D eigenvalue weighted by Crippen LogP contribution is 2.44. The molecule has 2 rings (SSSR count). The fourth-order valence-electron chi connectivity index (χ4n) is 3.54.